The van der Waals surface area contributed by atoms with Gasteiger partial charge in [0.2, 0.25) is 0 Å². The smallest absolute Gasteiger partial charge is 0.254 e. The molecule has 2 aromatic carbocycles. The number of fused-ring (bicyclic) bond motifs is 1. The number of rotatable bonds is 4. The summed E-state index contributed by atoms with van der Waals surface area (Å²) in [5, 5.41) is 12.5. The highest BCUT2D eigenvalue weighted by atomic mass is 19.1. The van der Waals surface area contributed by atoms with E-state index in [1.165, 1.54) is 12.1 Å². The summed E-state index contributed by atoms with van der Waals surface area (Å²) < 4.78 is 15.2. The molecular weight excluding hydrogens is 381 g/mol. The van der Waals surface area contributed by atoms with Crippen LogP contribution in [0.4, 0.5) is 4.39 Å². The van der Waals surface area contributed by atoms with E-state index in [1.54, 1.807) is 18.3 Å². The number of aromatic amines is 1. The van der Waals surface area contributed by atoms with Crippen LogP contribution in [0.15, 0.2) is 61.1 Å². The highest BCUT2D eigenvalue weighted by Gasteiger charge is 2.33. The van der Waals surface area contributed by atoms with E-state index in [1.807, 2.05) is 22.0 Å². The molecule has 1 N–H and O–H groups in total. The number of benzene rings is 2. The third kappa shape index (κ3) is 3.36. The Morgan fingerprint density at radius 1 is 1.17 bits per heavy atom. The Kier molecular flexibility index (Phi) is 4.58. The predicted molar refractivity (Wildman–Crippen MR) is 112 cm³/mol. The summed E-state index contributed by atoms with van der Waals surface area (Å²) >= 11 is 0. The quantitative estimate of drug-likeness (QED) is 0.557. The molecule has 0 bridgehead atoms. The van der Waals surface area contributed by atoms with Gasteiger partial charge in [0.05, 0.1) is 17.9 Å². The second-order valence-corrected chi connectivity index (χ2v) is 8.00. The minimum atomic E-state index is -0.333. The number of carbonyl (C=O) groups excluding carboxylic acids is 1. The fourth-order valence-electron chi connectivity index (χ4n) is 4.38. The van der Waals surface area contributed by atoms with E-state index >= 15 is 0 Å². The molecule has 0 aliphatic carbocycles. The first-order valence-electron chi connectivity index (χ1n) is 10.1. The van der Waals surface area contributed by atoms with Crippen LogP contribution in [0.3, 0.4) is 0 Å². The summed E-state index contributed by atoms with van der Waals surface area (Å²) in [5.41, 5.74) is 3.75. The normalized spacial score (nSPS) is 18.9. The number of likely N-dealkylation sites (tertiary alicyclic amines) is 1. The van der Waals surface area contributed by atoms with Crippen molar-refractivity contribution in [1.82, 2.24) is 24.9 Å². The SMILES string of the molecule is C[C@H]1C[C@H](Cn2ncc3cc(-c4cn[nH]c4)ccc32)CN1C(=O)c1ccc(F)cc1. The molecule has 1 saturated heterocycles. The molecule has 152 valence electrons. The van der Waals surface area contributed by atoms with Gasteiger partial charge in [-0.15, -0.1) is 0 Å². The Labute approximate surface area is 173 Å². The Morgan fingerprint density at radius 2 is 2.00 bits per heavy atom. The number of hydrogen-bond acceptors (Lipinski definition) is 3. The van der Waals surface area contributed by atoms with Gasteiger partial charge >= 0.3 is 0 Å². The number of halogens is 1. The average Bonchev–Trinajstić information content (AvgIpc) is 3.49. The van der Waals surface area contributed by atoms with Crippen LogP contribution in [0, 0.1) is 11.7 Å². The number of nitrogens with zero attached hydrogens (tertiary/aromatic N) is 4. The van der Waals surface area contributed by atoms with Crippen LogP contribution in [-0.4, -0.2) is 43.4 Å². The van der Waals surface area contributed by atoms with Gasteiger partial charge in [-0.2, -0.15) is 10.2 Å². The summed E-state index contributed by atoms with van der Waals surface area (Å²) in [6, 6.07) is 12.2. The molecule has 0 saturated carbocycles. The van der Waals surface area contributed by atoms with E-state index in [9.17, 15) is 9.18 Å². The Balaban J connectivity index is 1.32. The number of H-pyrrole nitrogens is 1. The van der Waals surface area contributed by atoms with Crippen molar-refractivity contribution in [3.63, 3.8) is 0 Å². The lowest BCUT2D eigenvalue weighted by atomic mass is 10.1. The van der Waals surface area contributed by atoms with Crippen LogP contribution < -0.4 is 0 Å². The van der Waals surface area contributed by atoms with Gasteiger partial charge < -0.3 is 4.90 Å². The lowest BCUT2D eigenvalue weighted by Gasteiger charge is -2.21. The highest BCUT2D eigenvalue weighted by molar-refractivity contribution is 5.94. The molecule has 1 amide bonds. The molecule has 1 aliphatic heterocycles. The molecule has 0 unspecified atom stereocenters. The molecule has 5 rings (SSSR count). The van der Waals surface area contributed by atoms with Gasteiger partial charge in [-0.25, -0.2) is 4.39 Å². The van der Waals surface area contributed by atoms with Gasteiger partial charge in [0.15, 0.2) is 0 Å². The second kappa shape index (κ2) is 7.40. The maximum Gasteiger partial charge on any atom is 0.254 e. The fraction of sp³-hybridized carbons (Fsp3) is 0.261. The van der Waals surface area contributed by atoms with Crippen LogP contribution in [-0.2, 0) is 6.54 Å². The lowest BCUT2D eigenvalue weighted by Crippen LogP contribution is -2.34. The maximum atomic E-state index is 13.2. The summed E-state index contributed by atoms with van der Waals surface area (Å²) in [6.07, 6.45) is 6.48. The predicted octanol–water partition coefficient (Wildman–Crippen LogP) is 4.12. The van der Waals surface area contributed by atoms with Crippen LogP contribution in [0.5, 0.6) is 0 Å². The summed E-state index contributed by atoms with van der Waals surface area (Å²) in [6.45, 7) is 3.50. The number of hydrogen-bond donors (Lipinski definition) is 1. The molecule has 0 spiro atoms. The van der Waals surface area contributed by atoms with E-state index in [0.29, 0.717) is 18.0 Å². The summed E-state index contributed by atoms with van der Waals surface area (Å²) in [4.78, 5) is 14.7. The molecule has 2 atom stereocenters. The third-order valence-corrected chi connectivity index (χ3v) is 5.92. The standard InChI is InChI=1S/C23H22FN5O/c1-15-8-16(13-28(15)23(30)17-2-5-21(24)6-3-17)14-29-22-7-4-18(9-19(22)12-27-29)20-10-25-26-11-20/h2-7,9-12,15-16H,8,13-14H2,1H3,(H,25,26)/t15-,16-/m0/s1. The maximum absolute atomic E-state index is 13.2. The van der Waals surface area contributed by atoms with E-state index < -0.39 is 0 Å². The first-order chi connectivity index (χ1) is 14.6. The first kappa shape index (κ1) is 18.5. The largest absolute Gasteiger partial charge is 0.336 e. The molecule has 30 heavy (non-hydrogen) atoms. The molecule has 2 aromatic heterocycles. The first-order valence-corrected chi connectivity index (χ1v) is 10.1. The van der Waals surface area contributed by atoms with Gasteiger partial charge in [0, 0.05) is 41.8 Å². The van der Waals surface area contributed by atoms with Gasteiger partial charge in [-0.05, 0) is 61.2 Å². The Bertz CT molecular complexity index is 1180. The van der Waals surface area contributed by atoms with Crippen LogP contribution in [0.25, 0.3) is 22.0 Å². The molecule has 6 nitrogen and oxygen atoms in total. The number of carbonyl (C=O) groups is 1. The van der Waals surface area contributed by atoms with Crippen molar-refractivity contribution >= 4 is 16.8 Å². The Hall–Kier alpha value is -3.48. The number of aromatic nitrogens is 4. The number of amides is 1. The molecule has 0 radical (unpaired) electrons. The summed E-state index contributed by atoms with van der Waals surface area (Å²) in [7, 11) is 0. The van der Waals surface area contributed by atoms with Crippen molar-refractivity contribution in [2.75, 3.05) is 6.54 Å². The Morgan fingerprint density at radius 3 is 2.77 bits per heavy atom. The molecule has 4 aromatic rings. The number of nitrogens with one attached hydrogen (secondary N) is 1. The molecule has 1 fully saturated rings. The van der Waals surface area contributed by atoms with Gasteiger partial charge in [-0.3, -0.25) is 14.6 Å². The highest BCUT2D eigenvalue weighted by Crippen LogP contribution is 2.28. The molecular formula is C23H22FN5O. The van der Waals surface area contributed by atoms with E-state index in [0.717, 1.165) is 35.0 Å². The topological polar surface area (TPSA) is 66.8 Å². The van der Waals surface area contributed by atoms with Crippen LogP contribution >= 0.6 is 0 Å². The fourth-order valence-corrected chi connectivity index (χ4v) is 4.38. The summed E-state index contributed by atoms with van der Waals surface area (Å²) in [5.74, 6) is -0.0542. The zero-order valence-corrected chi connectivity index (χ0v) is 16.6. The second-order valence-electron chi connectivity index (χ2n) is 8.00. The van der Waals surface area contributed by atoms with Crippen LogP contribution in [0.2, 0.25) is 0 Å². The van der Waals surface area contributed by atoms with Crippen LogP contribution in [0.1, 0.15) is 23.7 Å². The molecule has 3 heterocycles. The van der Waals surface area contributed by atoms with Gasteiger partial charge in [-0.1, -0.05) is 6.07 Å². The van der Waals surface area contributed by atoms with E-state index in [2.05, 4.69) is 40.4 Å². The lowest BCUT2D eigenvalue weighted by molar-refractivity contribution is 0.0742. The minimum Gasteiger partial charge on any atom is -0.336 e. The third-order valence-electron chi connectivity index (χ3n) is 5.92. The van der Waals surface area contributed by atoms with Crippen molar-refractivity contribution in [2.45, 2.75) is 25.9 Å². The molecule has 1 aliphatic rings. The van der Waals surface area contributed by atoms with Gasteiger partial charge in [0.25, 0.3) is 5.91 Å². The monoisotopic (exact) mass is 403 g/mol. The van der Waals surface area contributed by atoms with Crippen molar-refractivity contribution in [3.8, 4) is 11.1 Å². The van der Waals surface area contributed by atoms with E-state index in [4.69, 9.17) is 0 Å². The zero-order chi connectivity index (χ0) is 20.7. The average molecular weight is 403 g/mol. The van der Waals surface area contributed by atoms with Crippen molar-refractivity contribution < 1.29 is 9.18 Å². The van der Waals surface area contributed by atoms with Crippen molar-refractivity contribution in [2.24, 2.45) is 5.92 Å². The van der Waals surface area contributed by atoms with Crippen molar-refractivity contribution in [1.29, 1.82) is 0 Å². The van der Waals surface area contributed by atoms with Crippen molar-refractivity contribution in [3.05, 3.63) is 72.4 Å². The van der Waals surface area contributed by atoms with E-state index in [-0.39, 0.29) is 17.8 Å². The zero-order valence-electron chi connectivity index (χ0n) is 16.6. The molecule has 7 heteroatoms. The van der Waals surface area contributed by atoms with Gasteiger partial charge in [0.1, 0.15) is 5.82 Å². The minimum absolute atomic E-state index is 0.0416.